The third-order valence-electron chi connectivity index (χ3n) is 1.49. The molecule has 0 bridgehead atoms. The summed E-state index contributed by atoms with van der Waals surface area (Å²) in [6, 6.07) is 0. The van der Waals surface area contributed by atoms with Gasteiger partial charge in [0, 0.05) is 0 Å². The second-order valence-corrected chi connectivity index (χ2v) is 16.9. The maximum absolute atomic E-state index is 10.5. The van der Waals surface area contributed by atoms with Gasteiger partial charge in [-0.1, -0.05) is 0 Å². The van der Waals surface area contributed by atoms with Gasteiger partial charge in [-0.15, -0.1) is 0 Å². The van der Waals surface area contributed by atoms with Gasteiger partial charge in [0.1, 0.15) is 0 Å². The van der Waals surface area contributed by atoms with Gasteiger partial charge in [-0.25, -0.2) is 0 Å². The summed E-state index contributed by atoms with van der Waals surface area (Å²) in [4.78, 5) is 20.9. The molecule has 0 spiro atoms. The first kappa shape index (κ1) is 8.28. The molecule has 0 rings (SSSR count). The topological polar surface area (TPSA) is 34.1 Å². The van der Waals surface area contributed by atoms with Crippen molar-refractivity contribution in [3.8, 4) is 0 Å². The predicted octanol–water partition coefficient (Wildman–Crippen LogP) is 0.746. The van der Waals surface area contributed by atoms with Crippen LogP contribution in [0.1, 0.15) is 13.8 Å². The summed E-state index contributed by atoms with van der Waals surface area (Å²) < 4.78 is 2.19. The van der Waals surface area contributed by atoms with Gasteiger partial charge in [-0.2, -0.15) is 0 Å². The Balaban J connectivity index is 3.83. The van der Waals surface area contributed by atoms with Crippen molar-refractivity contribution >= 4 is 6.58 Å². The number of carbonyl (C=O) groups is 2. The number of hydrogen-bond donors (Lipinski definition) is 0. The van der Waals surface area contributed by atoms with E-state index in [4.69, 9.17) is 0 Å². The van der Waals surface area contributed by atoms with Crippen molar-refractivity contribution in [2.75, 3.05) is 0 Å². The monoisotopic (exact) mass is 303 g/mol. The van der Waals surface area contributed by atoms with Gasteiger partial charge in [0.15, 0.2) is 0 Å². The Labute approximate surface area is 57.5 Å². The zero-order chi connectivity index (χ0) is 6.73. The third-order valence-corrected chi connectivity index (χ3v) is 13.1. The molecule has 0 radical (unpaired) electrons. The van der Waals surface area contributed by atoms with Crippen LogP contribution in [0.4, 0.5) is 0 Å². The van der Waals surface area contributed by atoms with Crippen molar-refractivity contribution < 1.29 is 32.6 Å². The first-order valence-electron chi connectivity index (χ1n) is 2.82. The fourth-order valence-electron chi connectivity index (χ4n) is 0.351. The summed E-state index contributed by atoms with van der Waals surface area (Å²) in [5.74, 6) is 0. The zero-order valence-corrected chi connectivity index (χ0v) is 11.0. The van der Waals surface area contributed by atoms with Crippen molar-refractivity contribution in [2.24, 2.45) is 0 Å². The van der Waals surface area contributed by atoms with Crippen LogP contribution in [0.25, 0.3) is 0 Å². The molecule has 0 fully saturated rings. The fraction of sp³-hybridized carbons (Fsp3) is 0.600. The van der Waals surface area contributed by atoms with Crippen molar-refractivity contribution in [1.82, 2.24) is 0 Å². The Hall–Kier alpha value is 0.275. The van der Waals surface area contributed by atoms with E-state index in [-0.39, 0.29) is 6.58 Å². The summed E-state index contributed by atoms with van der Waals surface area (Å²) in [5.41, 5.74) is 0. The molecule has 0 aliphatic rings. The van der Waals surface area contributed by atoms with Gasteiger partial charge in [0.05, 0.1) is 0 Å². The molecule has 0 saturated heterocycles. The van der Waals surface area contributed by atoms with E-state index in [1.807, 2.05) is 4.43 Å². The molecule has 0 aromatic rings. The van der Waals surface area contributed by atoms with E-state index in [9.17, 15) is 9.59 Å². The third kappa shape index (κ3) is 2.55. The first-order valence-corrected chi connectivity index (χ1v) is 13.8. The molecule has 0 heterocycles. The average Bonchev–Trinajstić information content (AvgIpc) is 1.64. The van der Waals surface area contributed by atoms with Crippen molar-refractivity contribution in [3.63, 3.8) is 0 Å². The SMILES string of the molecule is C[C](=O)[Hg]([CH3])[C](C)=O. The molecule has 43 valence electrons. The van der Waals surface area contributed by atoms with Crippen LogP contribution in [-0.2, 0) is 32.6 Å². The van der Waals surface area contributed by atoms with E-state index < -0.39 is 23.0 Å². The molecule has 3 heteroatoms. The summed E-state index contributed by atoms with van der Waals surface area (Å²) >= 11 is -2.44. The second kappa shape index (κ2) is 3.33. The minimum atomic E-state index is -2.44. The molecular formula is C5H9HgO2. The molecular weight excluding hydrogens is 293 g/mol. The van der Waals surface area contributed by atoms with Crippen molar-refractivity contribution in [2.45, 2.75) is 18.3 Å². The molecule has 0 unspecified atom stereocenters. The number of hydrogen-bond acceptors (Lipinski definition) is 2. The van der Waals surface area contributed by atoms with E-state index >= 15 is 0 Å². The first-order chi connectivity index (χ1) is 3.55. The molecule has 2 nitrogen and oxygen atoms in total. The van der Waals surface area contributed by atoms with Crippen LogP contribution in [0.2, 0.25) is 4.43 Å². The van der Waals surface area contributed by atoms with E-state index in [0.717, 1.165) is 0 Å². The Morgan fingerprint density at radius 2 is 1.38 bits per heavy atom. The predicted molar refractivity (Wildman–Crippen MR) is 27.2 cm³/mol. The van der Waals surface area contributed by atoms with Crippen molar-refractivity contribution in [1.29, 1.82) is 0 Å². The molecule has 8 heavy (non-hydrogen) atoms. The fourth-order valence-corrected chi connectivity index (χ4v) is 3.08. The Morgan fingerprint density at radius 1 is 1.12 bits per heavy atom. The van der Waals surface area contributed by atoms with E-state index in [0.29, 0.717) is 0 Å². The summed E-state index contributed by atoms with van der Waals surface area (Å²) in [5, 5.41) is 0. The quantitative estimate of drug-likeness (QED) is 0.705. The van der Waals surface area contributed by atoms with Crippen LogP contribution < -0.4 is 0 Å². The normalized spacial score (nSPS) is 8.38. The van der Waals surface area contributed by atoms with E-state index in [1.54, 1.807) is 0 Å². The molecule has 0 aromatic carbocycles. The van der Waals surface area contributed by atoms with Crippen LogP contribution in [0.5, 0.6) is 0 Å². The minimum absolute atomic E-state index is 0.174. The average molecular weight is 302 g/mol. The molecule has 0 aliphatic heterocycles. The van der Waals surface area contributed by atoms with Crippen LogP contribution in [0.15, 0.2) is 0 Å². The van der Waals surface area contributed by atoms with Crippen LogP contribution in [-0.4, -0.2) is 6.58 Å². The summed E-state index contributed by atoms with van der Waals surface area (Å²) in [7, 11) is 0. The Bertz CT molecular complexity index is 106. The van der Waals surface area contributed by atoms with E-state index in [1.165, 1.54) is 13.8 Å². The standard InChI is InChI=1S/2C2H3O.CH3.Hg/c2*1-2-3;;/h2*1H3;1H3;. The molecule has 0 saturated carbocycles. The molecule has 0 N–H and O–H groups in total. The molecule has 0 atom stereocenters. The van der Waals surface area contributed by atoms with E-state index in [2.05, 4.69) is 0 Å². The van der Waals surface area contributed by atoms with Crippen molar-refractivity contribution in [3.05, 3.63) is 0 Å². The number of rotatable bonds is 2. The van der Waals surface area contributed by atoms with Gasteiger partial charge < -0.3 is 0 Å². The summed E-state index contributed by atoms with van der Waals surface area (Å²) in [6.45, 7) is 3.05. The second-order valence-electron chi connectivity index (χ2n) is 2.29. The van der Waals surface area contributed by atoms with Crippen LogP contribution in [0.3, 0.4) is 0 Å². The Kier molecular flexibility index (Phi) is 3.44. The maximum atomic E-state index is 10.5. The van der Waals surface area contributed by atoms with Gasteiger partial charge in [-0.3, -0.25) is 0 Å². The van der Waals surface area contributed by atoms with Crippen LogP contribution in [0, 0.1) is 0 Å². The molecule has 0 amide bonds. The van der Waals surface area contributed by atoms with Gasteiger partial charge >= 0.3 is 57.5 Å². The summed E-state index contributed by atoms with van der Waals surface area (Å²) in [6.07, 6.45) is 0. The number of carbonyl (C=O) groups excluding carboxylic acids is 2. The Morgan fingerprint density at radius 3 is 1.38 bits per heavy atom. The molecule has 0 aliphatic carbocycles. The van der Waals surface area contributed by atoms with Gasteiger partial charge in [-0.05, 0) is 0 Å². The van der Waals surface area contributed by atoms with Gasteiger partial charge in [0.2, 0.25) is 0 Å². The van der Waals surface area contributed by atoms with Crippen LogP contribution >= 0.6 is 0 Å². The zero-order valence-electron chi connectivity index (χ0n) is 5.52. The molecule has 0 aromatic heterocycles. The van der Waals surface area contributed by atoms with Gasteiger partial charge in [0.25, 0.3) is 0 Å².